The Labute approximate surface area is 176 Å². The quantitative estimate of drug-likeness (QED) is 0.395. The summed E-state index contributed by atoms with van der Waals surface area (Å²) in [7, 11) is 1.84. The van der Waals surface area contributed by atoms with Gasteiger partial charge in [0.05, 0.1) is 17.2 Å². The van der Waals surface area contributed by atoms with Gasteiger partial charge in [0.1, 0.15) is 11.9 Å². The van der Waals surface area contributed by atoms with Gasteiger partial charge in [0, 0.05) is 38.4 Å². The van der Waals surface area contributed by atoms with Gasteiger partial charge >= 0.3 is 0 Å². The van der Waals surface area contributed by atoms with Crippen LogP contribution in [0.25, 0.3) is 0 Å². The van der Waals surface area contributed by atoms with Gasteiger partial charge in [-0.05, 0) is 18.6 Å². The fourth-order valence-corrected chi connectivity index (χ4v) is 3.72. The lowest BCUT2D eigenvalue weighted by Crippen LogP contribution is -2.47. The molecule has 2 heterocycles. The summed E-state index contributed by atoms with van der Waals surface area (Å²) in [6.45, 7) is 4.77. The maximum absolute atomic E-state index is 6.07. The normalized spacial score (nSPS) is 15.5. The van der Waals surface area contributed by atoms with Crippen LogP contribution in [0.5, 0.6) is 5.75 Å². The topological polar surface area (TPSA) is 49.8 Å². The zero-order valence-corrected chi connectivity index (χ0v) is 18.5. The molecule has 0 saturated carbocycles. The molecular formula is C19H27IN4OS. The molecule has 5 nitrogen and oxygen atoms in total. The van der Waals surface area contributed by atoms with Crippen molar-refractivity contribution in [1.29, 1.82) is 0 Å². The van der Waals surface area contributed by atoms with Crippen LogP contribution in [0.15, 0.2) is 40.7 Å². The van der Waals surface area contributed by atoms with Gasteiger partial charge in [-0.2, -0.15) is 0 Å². The average molecular weight is 486 g/mol. The van der Waals surface area contributed by atoms with Crippen LogP contribution in [0.1, 0.15) is 30.5 Å². The van der Waals surface area contributed by atoms with Crippen molar-refractivity contribution in [2.75, 3.05) is 20.1 Å². The van der Waals surface area contributed by atoms with Crippen molar-refractivity contribution >= 4 is 41.3 Å². The third-order valence-corrected chi connectivity index (χ3v) is 5.37. The highest BCUT2D eigenvalue weighted by molar-refractivity contribution is 14.0. The standard InChI is InChI=1S/C19H26N4OS.HI/c1-3-18-22-15(14-25-18)13-21-19(20-2)23-11-9-17(10-12-23)24-16-7-5-4-6-8-16;/h4-8,14,17H,3,9-13H2,1-2H3,(H,20,21);1H. The number of aromatic nitrogens is 1. The molecule has 0 radical (unpaired) electrons. The first-order valence-electron chi connectivity index (χ1n) is 8.89. The summed E-state index contributed by atoms with van der Waals surface area (Å²) in [5.74, 6) is 1.91. The lowest BCUT2D eigenvalue weighted by molar-refractivity contribution is 0.129. The maximum Gasteiger partial charge on any atom is 0.193 e. The molecule has 3 rings (SSSR count). The van der Waals surface area contributed by atoms with Crippen molar-refractivity contribution < 1.29 is 4.74 Å². The molecule has 0 unspecified atom stereocenters. The molecule has 0 amide bonds. The van der Waals surface area contributed by atoms with Crippen molar-refractivity contribution in [3.8, 4) is 5.75 Å². The van der Waals surface area contributed by atoms with E-state index in [-0.39, 0.29) is 30.1 Å². The third-order valence-electron chi connectivity index (χ3n) is 4.33. The second kappa shape index (κ2) is 10.7. The van der Waals surface area contributed by atoms with Gasteiger partial charge in [-0.25, -0.2) is 4.98 Å². The number of hydrogen-bond donors (Lipinski definition) is 1. The molecule has 1 saturated heterocycles. The number of thiazole rings is 1. The molecule has 1 aliphatic heterocycles. The molecule has 26 heavy (non-hydrogen) atoms. The van der Waals surface area contributed by atoms with E-state index in [2.05, 4.69) is 32.5 Å². The van der Waals surface area contributed by atoms with Crippen LogP contribution in [0.4, 0.5) is 0 Å². The van der Waals surface area contributed by atoms with Gasteiger partial charge in [-0.15, -0.1) is 35.3 Å². The zero-order valence-electron chi connectivity index (χ0n) is 15.4. The third kappa shape index (κ3) is 5.84. The van der Waals surface area contributed by atoms with E-state index in [0.29, 0.717) is 0 Å². The second-order valence-electron chi connectivity index (χ2n) is 6.10. The van der Waals surface area contributed by atoms with Crippen molar-refractivity contribution in [1.82, 2.24) is 15.2 Å². The molecule has 0 spiro atoms. The number of piperidine rings is 1. The van der Waals surface area contributed by atoms with Crippen LogP contribution in [-0.2, 0) is 13.0 Å². The van der Waals surface area contributed by atoms with Gasteiger partial charge in [0.2, 0.25) is 0 Å². The Morgan fingerprint density at radius 1 is 1.31 bits per heavy atom. The number of likely N-dealkylation sites (tertiary alicyclic amines) is 1. The fraction of sp³-hybridized carbons (Fsp3) is 0.474. The van der Waals surface area contributed by atoms with Crippen molar-refractivity contribution in [2.24, 2.45) is 4.99 Å². The molecule has 0 aliphatic carbocycles. The number of ether oxygens (including phenoxy) is 1. The molecular weight excluding hydrogens is 459 g/mol. The molecule has 1 fully saturated rings. The number of halogens is 1. The van der Waals surface area contributed by atoms with E-state index in [4.69, 9.17) is 4.74 Å². The fourth-order valence-electron chi connectivity index (χ4n) is 2.97. The van der Waals surface area contributed by atoms with Crippen LogP contribution in [-0.4, -0.2) is 42.1 Å². The highest BCUT2D eigenvalue weighted by Crippen LogP contribution is 2.18. The summed E-state index contributed by atoms with van der Waals surface area (Å²) in [6.07, 6.45) is 3.29. The minimum absolute atomic E-state index is 0. The lowest BCUT2D eigenvalue weighted by Gasteiger charge is -2.34. The number of para-hydroxylation sites is 1. The zero-order chi connectivity index (χ0) is 17.5. The Balaban J connectivity index is 0.00000243. The SMILES string of the molecule is CCc1nc(CNC(=NC)N2CCC(Oc3ccccc3)CC2)cs1.I. The lowest BCUT2D eigenvalue weighted by atomic mass is 10.1. The van der Waals surface area contributed by atoms with E-state index in [1.54, 1.807) is 11.3 Å². The molecule has 1 aliphatic rings. The molecule has 0 bridgehead atoms. The largest absolute Gasteiger partial charge is 0.490 e. The predicted molar refractivity (Wildman–Crippen MR) is 119 cm³/mol. The summed E-state index contributed by atoms with van der Waals surface area (Å²) >= 11 is 1.72. The molecule has 1 N–H and O–H groups in total. The van der Waals surface area contributed by atoms with Crippen LogP contribution >= 0.6 is 35.3 Å². The Kier molecular flexibility index (Phi) is 8.64. The van der Waals surface area contributed by atoms with E-state index in [0.717, 1.165) is 56.3 Å². The summed E-state index contributed by atoms with van der Waals surface area (Å²) in [4.78, 5) is 11.3. The number of aryl methyl sites for hydroxylation is 1. The van der Waals surface area contributed by atoms with E-state index in [9.17, 15) is 0 Å². The number of nitrogens with zero attached hydrogens (tertiary/aromatic N) is 3. The summed E-state index contributed by atoms with van der Waals surface area (Å²) < 4.78 is 6.07. The molecule has 7 heteroatoms. The first-order chi connectivity index (χ1) is 12.3. The Bertz CT molecular complexity index is 684. The number of aliphatic imine (C=N–C) groups is 1. The van der Waals surface area contributed by atoms with Crippen molar-refractivity contribution in [2.45, 2.75) is 38.8 Å². The van der Waals surface area contributed by atoms with Crippen LogP contribution in [0, 0.1) is 0 Å². The van der Waals surface area contributed by atoms with Gasteiger partial charge in [-0.1, -0.05) is 25.1 Å². The number of hydrogen-bond acceptors (Lipinski definition) is 4. The molecule has 2 aromatic rings. The van der Waals surface area contributed by atoms with E-state index in [1.807, 2.05) is 37.4 Å². The monoisotopic (exact) mass is 486 g/mol. The Morgan fingerprint density at radius 3 is 2.65 bits per heavy atom. The first kappa shape index (κ1) is 21.0. The second-order valence-corrected chi connectivity index (χ2v) is 7.05. The molecule has 1 aromatic carbocycles. The van der Waals surface area contributed by atoms with Crippen molar-refractivity contribution in [3.05, 3.63) is 46.4 Å². The van der Waals surface area contributed by atoms with Crippen LogP contribution in [0.2, 0.25) is 0 Å². The van der Waals surface area contributed by atoms with E-state index in [1.165, 1.54) is 5.01 Å². The summed E-state index contributed by atoms with van der Waals surface area (Å²) in [5.41, 5.74) is 1.09. The number of benzene rings is 1. The summed E-state index contributed by atoms with van der Waals surface area (Å²) in [6, 6.07) is 10.1. The molecule has 142 valence electrons. The smallest absolute Gasteiger partial charge is 0.193 e. The van der Waals surface area contributed by atoms with Gasteiger partial charge in [-0.3, -0.25) is 4.99 Å². The number of nitrogens with one attached hydrogen (secondary N) is 1. The Morgan fingerprint density at radius 2 is 2.04 bits per heavy atom. The predicted octanol–water partition coefficient (Wildman–Crippen LogP) is 3.94. The molecule has 1 aromatic heterocycles. The summed E-state index contributed by atoms with van der Waals surface area (Å²) in [5, 5.41) is 6.75. The Hall–Kier alpha value is -1.35. The number of rotatable bonds is 5. The van der Waals surface area contributed by atoms with Gasteiger partial charge in [0.25, 0.3) is 0 Å². The number of guanidine groups is 1. The highest BCUT2D eigenvalue weighted by atomic mass is 127. The van der Waals surface area contributed by atoms with E-state index >= 15 is 0 Å². The van der Waals surface area contributed by atoms with Crippen LogP contribution < -0.4 is 10.1 Å². The average Bonchev–Trinajstić information content (AvgIpc) is 3.12. The maximum atomic E-state index is 6.07. The van der Waals surface area contributed by atoms with Gasteiger partial charge in [0.15, 0.2) is 5.96 Å². The minimum atomic E-state index is 0. The minimum Gasteiger partial charge on any atom is -0.490 e. The van der Waals surface area contributed by atoms with Crippen LogP contribution in [0.3, 0.4) is 0 Å². The van der Waals surface area contributed by atoms with Gasteiger partial charge < -0.3 is 15.0 Å². The molecule has 0 atom stereocenters. The highest BCUT2D eigenvalue weighted by Gasteiger charge is 2.22. The van der Waals surface area contributed by atoms with E-state index < -0.39 is 0 Å². The van der Waals surface area contributed by atoms with Crippen molar-refractivity contribution in [3.63, 3.8) is 0 Å². The first-order valence-corrected chi connectivity index (χ1v) is 9.77.